The van der Waals surface area contributed by atoms with Crippen molar-refractivity contribution in [1.29, 1.82) is 0 Å². The molecule has 1 heterocycles. The number of carbonyl (C=O) groups is 2. The van der Waals surface area contributed by atoms with Gasteiger partial charge in [0.25, 0.3) is 5.91 Å². The second-order valence-corrected chi connectivity index (χ2v) is 6.66. The lowest BCUT2D eigenvalue weighted by molar-refractivity contribution is -0.0135. The van der Waals surface area contributed by atoms with Crippen LogP contribution < -0.4 is 10.6 Å². The summed E-state index contributed by atoms with van der Waals surface area (Å²) in [4.78, 5) is 26.1. The van der Waals surface area contributed by atoms with E-state index in [0.717, 1.165) is 5.56 Å². The molecule has 1 aliphatic rings. The molecule has 1 fully saturated rings. The summed E-state index contributed by atoms with van der Waals surface area (Å²) in [6.45, 7) is 3.89. The van der Waals surface area contributed by atoms with Gasteiger partial charge >= 0.3 is 6.03 Å². The average Bonchev–Trinajstić information content (AvgIpc) is 2.69. The molecule has 7 heteroatoms. The first-order valence-electron chi connectivity index (χ1n) is 8.88. The molecular weight excluding hydrogens is 366 g/mol. The van der Waals surface area contributed by atoms with Crippen molar-refractivity contribution in [2.75, 3.05) is 31.6 Å². The third-order valence-electron chi connectivity index (χ3n) is 4.33. The third-order valence-corrected chi connectivity index (χ3v) is 4.58. The Hall–Kier alpha value is -2.57. The Balaban J connectivity index is 1.60. The monoisotopic (exact) mass is 387 g/mol. The zero-order valence-corrected chi connectivity index (χ0v) is 15.8. The molecule has 0 bridgehead atoms. The zero-order chi connectivity index (χ0) is 19.2. The number of nitrogens with zero attached hydrogens (tertiary/aromatic N) is 1. The van der Waals surface area contributed by atoms with Crippen molar-refractivity contribution in [3.63, 3.8) is 0 Å². The van der Waals surface area contributed by atoms with Gasteiger partial charge in [-0.3, -0.25) is 4.79 Å². The van der Waals surface area contributed by atoms with Gasteiger partial charge in [0, 0.05) is 29.4 Å². The topological polar surface area (TPSA) is 70.7 Å². The van der Waals surface area contributed by atoms with E-state index in [4.69, 9.17) is 16.3 Å². The lowest BCUT2D eigenvalue weighted by Crippen LogP contribution is -2.44. The molecule has 3 rings (SSSR count). The molecule has 0 aliphatic carbocycles. The van der Waals surface area contributed by atoms with E-state index in [1.807, 2.05) is 31.2 Å². The second kappa shape index (κ2) is 8.88. The van der Waals surface area contributed by atoms with Crippen LogP contribution in [0.4, 0.5) is 10.5 Å². The highest BCUT2D eigenvalue weighted by atomic mass is 35.5. The molecule has 2 N–H and O–H groups in total. The van der Waals surface area contributed by atoms with Crippen LogP contribution in [0, 0.1) is 0 Å². The molecule has 1 atom stereocenters. The second-order valence-electron chi connectivity index (χ2n) is 6.22. The van der Waals surface area contributed by atoms with Crippen LogP contribution in [0.5, 0.6) is 0 Å². The first kappa shape index (κ1) is 19.2. The maximum Gasteiger partial charge on any atom is 0.322 e. The summed E-state index contributed by atoms with van der Waals surface area (Å²) >= 11 is 5.93. The number of rotatable bonds is 4. The van der Waals surface area contributed by atoms with Gasteiger partial charge < -0.3 is 20.3 Å². The summed E-state index contributed by atoms with van der Waals surface area (Å²) in [7, 11) is 0. The van der Waals surface area contributed by atoms with E-state index in [1.165, 1.54) is 0 Å². The molecule has 27 heavy (non-hydrogen) atoms. The minimum Gasteiger partial charge on any atom is -0.370 e. The lowest BCUT2D eigenvalue weighted by Gasteiger charge is -2.33. The Morgan fingerprint density at radius 1 is 1.15 bits per heavy atom. The summed E-state index contributed by atoms with van der Waals surface area (Å²) < 4.78 is 5.79. The Labute approximate surface area is 163 Å². The van der Waals surface area contributed by atoms with Gasteiger partial charge in [0.1, 0.15) is 6.10 Å². The van der Waals surface area contributed by atoms with E-state index in [2.05, 4.69) is 10.6 Å². The molecule has 1 unspecified atom stereocenters. The number of amides is 3. The number of morpholine rings is 1. The summed E-state index contributed by atoms with van der Waals surface area (Å²) in [6, 6.07) is 14.1. The fourth-order valence-electron chi connectivity index (χ4n) is 2.88. The molecule has 1 saturated heterocycles. The standard InChI is InChI=1S/C20H22ClN3O3/c1-2-22-19(25)15-5-9-17(10-6-15)23-20(26)24-11-12-27-18(13-24)14-3-7-16(21)8-4-14/h3-10,18H,2,11-13H2,1H3,(H,22,25)(H,23,26). The largest absolute Gasteiger partial charge is 0.370 e. The number of benzene rings is 2. The predicted octanol–water partition coefficient (Wildman–Crippen LogP) is 3.70. The fraction of sp³-hybridized carbons (Fsp3) is 0.300. The van der Waals surface area contributed by atoms with Gasteiger partial charge in [-0.2, -0.15) is 0 Å². The van der Waals surface area contributed by atoms with E-state index in [-0.39, 0.29) is 18.0 Å². The fourth-order valence-corrected chi connectivity index (χ4v) is 3.01. The Bertz CT molecular complexity index is 793. The van der Waals surface area contributed by atoms with E-state index in [9.17, 15) is 9.59 Å². The first-order valence-corrected chi connectivity index (χ1v) is 9.26. The molecule has 1 aliphatic heterocycles. The number of carbonyl (C=O) groups excluding carboxylic acids is 2. The van der Waals surface area contributed by atoms with Crippen LogP contribution in [0.15, 0.2) is 48.5 Å². The highest BCUT2D eigenvalue weighted by Crippen LogP contribution is 2.24. The number of hydrogen-bond acceptors (Lipinski definition) is 3. The molecule has 0 radical (unpaired) electrons. The number of anilines is 1. The predicted molar refractivity (Wildman–Crippen MR) is 105 cm³/mol. The van der Waals surface area contributed by atoms with Gasteiger partial charge in [-0.05, 0) is 48.9 Å². The minimum atomic E-state index is -0.192. The average molecular weight is 388 g/mol. The molecule has 0 spiro atoms. The number of urea groups is 1. The van der Waals surface area contributed by atoms with Crippen LogP contribution in [-0.4, -0.2) is 43.1 Å². The molecule has 3 amide bonds. The van der Waals surface area contributed by atoms with E-state index in [1.54, 1.807) is 29.2 Å². The van der Waals surface area contributed by atoms with Crippen molar-refractivity contribution < 1.29 is 14.3 Å². The van der Waals surface area contributed by atoms with Gasteiger partial charge in [0.2, 0.25) is 0 Å². The van der Waals surface area contributed by atoms with Crippen molar-refractivity contribution in [3.8, 4) is 0 Å². The summed E-state index contributed by atoms with van der Waals surface area (Å²) in [5, 5.41) is 6.28. The summed E-state index contributed by atoms with van der Waals surface area (Å²) in [5.41, 5.74) is 2.19. The lowest BCUT2D eigenvalue weighted by atomic mass is 10.1. The maximum atomic E-state index is 12.6. The van der Waals surface area contributed by atoms with E-state index < -0.39 is 0 Å². The van der Waals surface area contributed by atoms with Crippen molar-refractivity contribution >= 4 is 29.2 Å². The van der Waals surface area contributed by atoms with Gasteiger partial charge in [0.05, 0.1) is 13.2 Å². The number of nitrogens with one attached hydrogen (secondary N) is 2. The van der Waals surface area contributed by atoms with Crippen molar-refractivity contribution in [1.82, 2.24) is 10.2 Å². The Morgan fingerprint density at radius 2 is 1.85 bits per heavy atom. The zero-order valence-electron chi connectivity index (χ0n) is 15.1. The van der Waals surface area contributed by atoms with Crippen molar-refractivity contribution in [2.45, 2.75) is 13.0 Å². The van der Waals surface area contributed by atoms with Crippen LogP contribution >= 0.6 is 11.6 Å². The molecular formula is C20H22ClN3O3. The third kappa shape index (κ3) is 4.99. The van der Waals surface area contributed by atoms with Crippen molar-refractivity contribution in [3.05, 3.63) is 64.7 Å². The minimum absolute atomic E-state index is 0.130. The maximum absolute atomic E-state index is 12.6. The van der Waals surface area contributed by atoms with E-state index in [0.29, 0.717) is 42.5 Å². The number of halogens is 1. The summed E-state index contributed by atoms with van der Waals surface area (Å²) in [5.74, 6) is -0.130. The SMILES string of the molecule is CCNC(=O)c1ccc(NC(=O)N2CCOC(c3ccc(Cl)cc3)C2)cc1. The van der Waals surface area contributed by atoms with Gasteiger partial charge in [0.15, 0.2) is 0 Å². The molecule has 2 aromatic rings. The van der Waals surface area contributed by atoms with Gasteiger partial charge in [-0.1, -0.05) is 23.7 Å². The Morgan fingerprint density at radius 3 is 2.52 bits per heavy atom. The van der Waals surface area contributed by atoms with Crippen molar-refractivity contribution in [2.24, 2.45) is 0 Å². The number of ether oxygens (including phenoxy) is 1. The van der Waals surface area contributed by atoms with Crippen LogP contribution in [0.1, 0.15) is 28.9 Å². The van der Waals surface area contributed by atoms with Gasteiger partial charge in [-0.15, -0.1) is 0 Å². The van der Waals surface area contributed by atoms with Gasteiger partial charge in [-0.25, -0.2) is 4.79 Å². The molecule has 142 valence electrons. The normalized spacial score (nSPS) is 16.7. The first-order chi connectivity index (χ1) is 13.1. The van der Waals surface area contributed by atoms with Crippen LogP contribution in [-0.2, 0) is 4.74 Å². The Kier molecular flexibility index (Phi) is 6.32. The quantitative estimate of drug-likeness (QED) is 0.840. The molecule has 0 saturated carbocycles. The molecule has 6 nitrogen and oxygen atoms in total. The van der Waals surface area contributed by atoms with Crippen LogP contribution in [0.2, 0.25) is 5.02 Å². The number of hydrogen-bond donors (Lipinski definition) is 2. The highest BCUT2D eigenvalue weighted by molar-refractivity contribution is 6.30. The molecule has 2 aromatic carbocycles. The highest BCUT2D eigenvalue weighted by Gasteiger charge is 2.25. The van der Waals surface area contributed by atoms with Crippen LogP contribution in [0.25, 0.3) is 0 Å². The van der Waals surface area contributed by atoms with Crippen LogP contribution in [0.3, 0.4) is 0 Å². The smallest absolute Gasteiger partial charge is 0.322 e. The summed E-state index contributed by atoms with van der Waals surface area (Å²) in [6.07, 6.45) is -0.179. The van der Waals surface area contributed by atoms with E-state index >= 15 is 0 Å². The molecule has 0 aromatic heterocycles.